The zero-order valence-electron chi connectivity index (χ0n) is 11.1. The Morgan fingerprint density at radius 2 is 2.05 bits per heavy atom. The van der Waals surface area contributed by atoms with Crippen molar-refractivity contribution in [2.75, 3.05) is 19.6 Å². The van der Waals surface area contributed by atoms with Gasteiger partial charge in [-0.25, -0.2) is 4.79 Å². The Labute approximate surface area is 112 Å². The van der Waals surface area contributed by atoms with Crippen LogP contribution in [0, 0.1) is 5.92 Å². The van der Waals surface area contributed by atoms with E-state index in [-0.39, 0.29) is 23.8 Å². The Hall–Kier alpha value is -1.65. The minimum absolute atomic E-state index is 0.0293. The molecule has 1 atom stereocenters. The molecule has 0 radical (unpaired) electrons. The summed E-state index contributed by atoms with van der Waals surface area (Å²) in [6.07, 6.45) is 1.80. The largest absolute Gasteiger partial charge is 0.369 e. The molecule has 0 bridgehead atoms. The number of carbonyl (C=O) groups excluding carboxylic acids is 3. The zero-order chi connectivity index (χ0) is 14.0. The summed E-state index contributed by atoms with van der Waals surface area (Å²) in [5, 5.41) is 0. The maximum Gasteiger partial charge on any atom is 0.245 e. The molecule has 6 heteroatoms. The molecule has 0 aliphatic carbocycles. The van der Waals surface area contributed by atoms with Gasteiger partial charge in [-0.3, -0.25) is 14.5 Å². The standard InChI is InChI=1S/C13H19N3O3/c1-2-16-10(8-17)7-11(13(16)19)15-5-3-9(4-6-15)12(14)18/h9,11H,2-7H2,1H3,(H2,14,18). The van der Waals surface area contributed by atoms with Crippen molar-refractivity contribution >= 4 is 17.8 Å². The Kier molecular flexibility index (Phi) is 4.02. The molecule has 0 aromatic heterocycles. The lowest BCUT2D eigenvalue weighted by molar-refractivity contribution is -0.132. The van der Waals surface area contributed by atoms with E-state index in [1.54, 1.807) is 0 Å². The Morgan fingerprint density at radius 3 is 2.47 bits per heavy atom. The predicted molar refractivity (Wildman–Crippen MR) is 68.5 cm³/mol. The van der Waals surface area contributed by atoms with Crippen LogP contribution >= 0.6 is 0 Å². The van der Waals surface area contributed by atoms with Crippen LogP contribution < -0.4 is 5.73 Å². The molecule has 0 aromatic rings. The number of piperidine rings is 1. The van der Waals surface area contributed by atoms with Gasteiger partial charge in [-0.05, 0) is 32.9 Å². The van der Waals surface area contributed by atoms with E-state index in [4.69, 9.17) is 5.73 Å². The predicted octanol–water partition coefficient (Wildman–Crippen LogP) is -0.480. The molecule has 0 aromatic carbocycles. The van der Waals surface area contributed by atoms with Crippen molar-refractivity contribution in [2.45, 2.75) is 32.2 Å². The van der Waals surface area contributed by atoms with Crippen molar-refractivity contribution in [3.8, 4) is 0 Å². The SMILES string of the molecule is CCN1C(=O)C(N2CCC(C(N)=O)CC2)CC1=C=O. The van der Waals surface area contributed by atoms with Crippen LogP contribution in [0.25, 0.3) is 0 Å². The lowest BCUT2D eigenvalue weighted by atomic mass is 9.95. The normalized spacial score (nSPS) is 25.7. The van der Waals surface area contributed by atoms with Crippen LogP contribution in [-0.2, 0) is 14.4 Å². The lowest BCUT2D eigenvalue weighted by Gasteiger charge is -2.33. The highest BCUT2D eigenvalue weighted by Crippen LogP contribution is 2.28. The van der Waals surface area contributed by atoms with Crippen molar-refractivity contribution in [3.63, 3.8) is 0 Å². The van der Waals surface area contributed by atoms with E-state index >= 15 is 0 Å². The van der Waals surface area contributed by atoms with E-state index in [1.165, 1.54) is 4.90 Å². The molecule has 2 heterocycles. The minimum atomic E-state index is -0.273. The van der Waals surface area contributed by atoms with E-state index in [1.807, 2.05) is 12.9 Å². The molecule has 2 saturated heterocycles. The third-order valence-corrected chi connectivity index (χ3v) is 4.07. The number of primary amides is 1. The van der Waals surface area contributed by atoms with Gasteiger partial charge in [0.15, 0.2) is 0 Å². The van der Waals surface area contributed by atoms with Gasteiger partial charge in [0.05, 0.1) is 6.04 Å². The van der Waals surface area contributed by atoms with E-state index in [9.17, 15) is 14.4 Å². The maximum atomic E-state index is 12.2. The second kappa shape index (κ2) is 5.55. The van der Waals surface area contributed by atoms with E-state index in [2.05, 4.69) is 4.90 Å². The van der Waals surface area contributed by atoms with Crippen LogP contribution in [0.3, 0.4) is 0 Å². The number of carbonyl (C=O) groups is 2. The number of amides is 2. The van der Waals surface area contributed by atoms with Gasteiger partial charge in [0.1, 0.15) is 11.6 Å². The van der Waals surface area contributed by atoms with Crippen LogP contribution in [0.2, 0.25) is 0 Å². The van der Waals surface area contributed by atoms with Gasteiger partial charge in [-0.2, -0.15) is 0 Å². The molecule has 2 amide bonds. The van der Waals surface area contributed by atoms with E-state index < -0.39 is 0 Å². The zero-order valence-corrected chi connectivity index (χ0v) is 11.1. The summed E-state index contributed by atoms with van der Waals surface area (Å²) >= 11 is 0. The van der Waals surface area contributed by atoms with Gasteiger partial charge < -0.3 is 10.6 Å². The van der Waals surface area contributed by atoms with E-state index in [0.29, 0.717) is 44.6 Å². The van der Waals surface area contributed by atoms with Gasteiger partial charge in [0, 0.05) is 18.9 Å². The Balaban J connectivity index is 2.03. The fourth-order valence-corrected chi connectivity index (χ4v) is 2.92. The highest BCUT2D eigenvalue weighted by molar-refractivity contribution is 5.89. The van der Waals surface area contributed by atoms with Crippen molar-refractivity contribution in [2.24, 2.45) is 11.7 Å². The third kappa shape index (κ3) is 2.55. The van der Waals surface area contributed by atoms with Crippen LogP contribution in [0.4, 0.5) is 0 Å². The smallest absolute Gasteiger partial charge is 0.245 e. The van der Waals surface area contributed by atoms with Gasteiger partial charge >= 0.3 is 0 Å². The molecular weight excluding hydrogens is 246 g/mol. The molecule has 0 saturated carbocycles. The number of rotatable bonds is 3. The number of likely N-dealkylation sites (N-methyl/N-ethyl adjacent to an activating group) is 1. The second-order valence-electron chi connectivity index (χ2n) is 5.06. The molecule has 2 aliphatic heterocycles. The number of hydrogen-bond donors (Lipinski definition) is 1. The molecule has 1 unspecified atom stereocenters. The highest BCUT2D eigenvalue weighted by atomic mass is 16.2. The lowest BCUT2D eigenvalue weighted by Crippen LogP contribution is -2.47. The van der Waals surface area contributed by atoms with Crippen molar-refractivity contribution in [1.82, 2.24) is 9.80 Å². The first-order valence-corrected chi connectivity index (χ1v) is 6.67. The fourth-order valence-electron chi connectivity index (χ4n) is 2.92. The third-order valence-electron chi connectivity index (χ3n) is 4.07. The van der Waals surface area contributed by atoms with Crippen LogP contribution in [0.5, 0.6) is 0 Å². The van der Waals surface area contributed by atoms with Gasteiger partial charge in [-0.15, -0.1) is 0 Å². The summed E-state index contributed by atoms with van der Waals surface area (Å²) in [7, 11) is 0. The Bertz CT molecular complexity index is 434. The average molecular weight is 265 g/mol. The summed E-state index contributed by atoms with van der Waals surface area (Å²) < 4.78 is 0. The summed E-state index contributed by atoms with van der Waals surface area (Å²) in [5.74, 6) is 1.48. The molecule has 2 N–H and O–H groups in total. The molecule has 2 fully saturated rings. The molecule has 104 valence electrons. The van der Waals surface area contributed by atoms with Crippen LogP contribution in [0.1, 0.15) is 26.2 Å². The average Bonchev–Trinajstić information content (AvgIpc) is 2.75. The van der Waals surface area contributed by atoms with Crippen LogP contribution in [-0.4, -0.2) is 53.2 Å². The summed E-state index contributed by atoms with van der Waals surface area (Å²) in [5.41, 5.74) is 5.73. The summed E-state index contributed by atoms with van der Waals surface area (Å²) in [6, 6.07) is -0.273. The van der Waals surface area contributed by atoms with Gasteiger partial charge in [0.25, 0.3) is 0 Å². The minimum Gasteiger partial charge on any atom is -0.369 e. The van der Waals surface area contributed by atoms with Gasteiger partial charge in [0.2, 0.25) is 11.8 Å². The molecular formula is C13H19N3O3. The monoisotopic (exact) mass is 265 g/mol. The van der Waals surface area contributed by atoms with Crippen molar-refractivity contribution < 1.29 is 14.4 Å². The van der Waals surface area contributed by atoms with Gasteiger partial charge in [-0.1, -0.05) is 0 Å². The Morgan fingerprint density at radius 1 is 1.42 bits per heavy atom. The number of nitrogens with two attached hydrogens (primary N) is 1. The number of likely N-dealkylation sites (tertiary alicyclic amines) is 2. The molecule has 0 spiro atoms. The fraction of sp³-hybridized carbons (Fsp3) is 0.692. The first-order valence-electron chi connectivity index (χ1n) is 6.67. The highest BCUT2D eigenvalue weighted by Gasteiger charge is 2.40. The molecule has 19 heavy (non-hydrogen) atoms. The number of hydrogen-bond acceptors (Lipinski definition) is 4. The molecule has 2 rings (SSSR count). The van der Waals surface area contributed by atoms with Crippen molar-refractivity contribution in [3.05, 3.63) is 5.70 Å². The summed E-state index contributed by atoms with van der Waals surface area (Å²) in [4.78, 5) is 37.7. The summed E-state index contributed by atoms with van der Waals surface area (Å²) in [6.45, 7) is 3.69. The maximum absolute atomic E-state index is 12.2. The van der Waals surface area contributed by atoms with Crippen LogP contribution in [0.15, 0.2) is 5.70 Å². The molecule has 2 aliphatic rings. The van der Waals surface area contributed by atoms with Crippen molar-refractivity contribution in [1.29, 1.82) is 0 Å². The first kappa shape index (κ1) is 13.8. The second-order valence-corrected chi connectivity index (χ2v) is 5.06. The quantitative estimate of drug-likeness (QED) is 0.699. The first-order chi connectivity index (χ1) is 9.08. The number of nitrogens with zero attached hydrogens (tertiary/aromatic N) is 2. The topological polar surface area (TPSA) is 83.7 Å². The van der Waals surface area contributed by atoms with E-state index in [0.717, 1.165) is 0 Å². The molecule has 6 nitrogen and oxygen atoms in total.